The maximum atomic E-state index is 4.57. The lowest BCUT2D eigenvalue weighted by Crippen LogP contribution is -2.31. The van der Waals surface area contributed by atoms with E-state index < -0.39 is 0 Å². The number of hydrogen-bond donors (Lipinski definition) is 2. The number of pyridine rings is 1. The highest BCUT2D eigenvalue weighted by Crippen LogP contribution is 2.28. The number of aromatic amines is 1. The van der Waals surface area contributed by atoms with E-state index in [1.165, 1.54) is 15.8 Å². The van der Waals surface area contributed by atoms with Gasteiger partial charge in [-0.3, -0.25) is 4.98 Å². The van der Waals surface area contributed by atoms with E-state index in [-0.39, 0.29) is 6.04 Å². The Morgan fingerprint density at radius 2 is 2.33 bits per heavy atom. The van der Waals surface area contributed by atoms with Crippen molar-refractivity contribution in [3.8, 4) is 0 Å². The second-order valence-electron chi connectivity index (χ2n) is 4.47. The molecule has 0 radical (unpaired) electrons. The summed E-state index contributed by atoms with van der Waals surface area (Å²) in [5, 5.41) is 6.81. The van der Waals surface area contributed by atoms with E-state index in [1.54, 1.807) is 17.7 Å². The molecule has 1 atom stereocenters. The third kappa shape index (κ3) is 1.48. The van der Waals surface area contributed by atoms with Crippen molar-refractivity contribution in [1.82, 2.24) is 20.3 Å². The number of thiophene rings is 1. The SMILES string of the molecule is c1nc2c([nH]1)CCNC2c1cc2sccc2cn1. The molecule has 1 aliphatic heterocycles. The van der Waals surface area contributed by atoms with E-state index in [1.807, 2.05) is 6.20 Å². The maximum Gasteiger partial charge on any atom is 0.0944 e. The third-order valence-corrected chi connectivity index (χ3v) is 4.28. The first-order chi connectivity index (χ1) is 8.92. The largest absolute Gasteiger partial charge is 0.348 e. The van der Waals surface area contributed by atoms with Crippen molar-refractivity contribution < 1.29 is 0 Å². The zero-order chi connectivity index (χ0) is 11.9. The van der Waals surface area contributed by atoms with Gasteiger partial charge in [-0.15, -0.1) is 11.3 Å². The molecule has 3 aromatic rings. The summed E-state index contributed by atoms with van der Waals surface area (Å²) in [5.74, 6) is 0. The number of fused-ring (bicyclic) bond motifs is 2. The summed E-state index contributed by atoms with van der Waals surface area (Å²) >= 11 is 1.75. The summed E-state index contributed by atoms with van der Waals surface area (Å²) in [4.78, 5) is 12.2. The summed E-state index contributed by atoms with van der Waals surface area (Å²) in [6.45, 7) is 0.962. The van der Waals surface area contributed by atoms with Crippen LogP contribution in [-0.4, -0.2) is 21.5 Å². The molecule has 3 aromatic heterocycles. The van der Waals surface area contributed by atoms with Crippen LogP contribution in [0.5, 0.6) is 0 Å². The highest BCUT2D eigenvalue weighted by atomic mass is 32.1. The van der Waals surface area contributed by atoms with Crippen molar-refractivity contribution in [2.24, 2.45) is 0 Å². The molecule has 2 N–H and O–H groups in total. The molecule has 0 aliphatic carbocycles. The van der Waals surface area contributed by atoms with Crippen LogP contribution in [0.25, 0.3) is 10.1 Å². The number of rotatable bonds is 1. The van der Waals surface area contributed by atoms with E-state index in [4.69, 9.17) is 0 Å². The topological polar surface area (TPSA) is 53.6 Å². The molecule has 0 amide bonds. The molecule has 90 valence electrons. The number of H-pyrrole nitrogens is 1. The van der Waals surface area contributed by atoms with Crippen molar-refractivity contribution in [2.45, 2.75) is 12.5 Å². The summed E-state index contributed by atoms with van der Waals surface area (Å²) in [5.41, 5.74) is 3.37. The Hall–Kier alpha value is -1.72. The predicted molar refractivity (Wildman–Crippen MR) is 71.8 cm³/mol. The molecule has 0 saturated heterocycles. The smallest absolute Gasteiger partial charge is 0.0944 e. The van der Waals surface area contributed by atoms with Gasteiger partial charge in [-0.1, -0.05) is 0 Å². The molecule has 4 nitrogen and oxygen atoms in total. The minimum atomic E-state index is 0.117. The van der Waals surface area contributed by atoms with Gasteiger partial charge in [-0.2, -0.15) is 0 Å². The molecule has 1 aliphatic rings. The van der Waals surface area contributed by atoms with Gasteiger partial charge in [-0.25, -0.2) is 4.98 Å². The maximum absolute atomic E-state index is 4.57. The van der Waals surface area contributed by atoms with Crippen molar-refractivity contribution in [3.63, 3.8) is 0 Å². The summed E-state index contributed by atoms with van der Waals surface area (Å²) in [6.07, 6.45) is 4.73. The second kappa shape index (κ2) is 3.90. The standard InChI is InChI=1S/C13H12N4S/c1-3-14-13(12-9(1)16-7-17-12)10-5-11-8(6-15-10)2-4-18-11/h2,4-7,13-14H,1,3H2,(H,16,17). The van der Waals surface area contributed by atoms with Gasteiger partial charge in [0.2, 0.25) is 0 Å². The van der Waals surface area contributed by atoms with Gasteiger partial charge in [0.25, 0.3) is 0 Å². The molecular formula is C13H12N4S. The summed E-state index contributed by atoms with van der Waals surface area (Å²) < 4.78 is 1.28. The summed E-state index contributed by atoms with van der Waals surface area (Å²) in [7, 11) is 0. The first-order valence-corrected chi connectivity index (χ1v) is 6.88. The van der Waals surface area contributed by atoms with Gasteiger partial charge >= 0.3 is 0 Å². The zero-order valence-electron chi connectivity index (χ0n) is 9.68. The van der Waals surface area contributed by atoms with Crippen LogP contribution in [0.15, 0.2) is 30.0 Å². The highest BCUT2D eigenvalue weighted by Gasteiger charge is 2.24. The fourth-order valence-corrected chi connectivity index (χ4v) is 3.30. The van der Waals surface area contributed by atoms with Gasteiger partial charge < -0.3 is 10.3 Å². The molecule has 0 saturated carbocycles. The van der Waals surface area contributed by atoms with E-state index >= 15 is 0 Å². The van der Waals surface area contributed by atoms with Gasteiger partial charge in [0, 0.05) is 34.9 Å². The first kappa shape index (κ1) is 10.2. The van der Waals surface area contributed by atoms with Crippen molar-refractivity contribution in [3.05, 3.63) is 47.1 Å². The molecular weight excluding hydrogens is 244 g/mol. The first-order valence-electron chi connectivity index (χ1n) is 6.00. The number of nitrogens with one attached hydrogen (secondary N) is 2. The van der Waals surface area contributed by atoms with Crippen LogP contribution < -0.4 is 5.32 Å². The fraction of sp³-hybridized carbons (Fsp3) is 0.231. The van der Waals surface area contributed by atoms with Gasteiger partial charge in [0.1, 0.15) is 0 Å². The van der Waals surface area contributed by atoms with Crippen LogP contribution in [0.4, 0.5) is 0 Å². The van der Waals surface area contributed by atoms with Crippen LogP contribution in [0.2, 0.25) is 0 Å². The van der Waals surface area contributed by atoms with Gasteiger partial charge in [0.05, 0.1) is 23.8 Å². The minimum Gasteiger partial charge on any atom is -0.348 e. The quantitative estimate of drug-likeness (QED) is 0.702. The Kier molecular flexibility index (Phi) is 2.21. The monoisotopic (exact) mass is 256 g/mol. The molecule has 0 aromatic carbocycles. The lowest BCUT2D eigenvalue weighted by atomic mass is 10.0. The molecule has 4 heterocycles. The Labute approximate surface area is 108 Å². The van der Waals surface area contributed by atoms with Crippen LogP contribution in [0.3, 0.4) is 0 Å². The van der Waals surface area contributed by atoms with Crippen LogP contribution in [0.1, 0.15) is 23.1 Å². The van der Waals surface area contributed by atoms with Crippen LogP contribution >= 0.6 is 11.3 Å². The van der Waals surface area contributed by atoms with Crippen molar-refractivity contribution >= 4 is 21.4 Å². The normalized spacial score (nSPS) is 19.0. The lowest BCUT2D eigenvalue weighted by molar-refractivity contribution is 0.544. The second-order valence-corrected chi connectivity index (χ2v) is 5.42. The molecule has 0 spiro atoms. The van der Waals surface area contributed by atoms with E-state index in [0.29, 0.717) is 0 Å². The Morgan fingerprint density at radius 3 is 3.33 bits per heavy atom. The van der Waals surface area contributed by atoms with E-state index in [9.17, 15) is 0 Å². The molecule has 4 rings (SSSR count). The molecule has 0 fully saturated rings. The average Bonchev–Trinajstić information content (AvgIpc) is 3.05. The van der Waals surface area contributed by atoms with Crippen molar-refractivity contribution in [1.29, 1.82) is 0 Å². The molecule has 1 unspecified atom stereocenters. The number of hydrogen-bond acceptors (Lipinski definition) is 4. The predicted octanol–water partition coefficient (Wildman–Crippen LogP) is 2.25. The number of nitrogens with zero attached hydrogens (tertiary/aromatic N) is 2. The number of imidazole rings is 1. The Balaban J connectivity index is 1.84. The van der Waals surface area contributed by atoms with Crippen molar-refractivity contribution in [2.75, 3.05) is 6.54 Å². The van der Waals surface area contributed by atoms with E-state index in [2.05, 4.69) is 37.8 Å². The summed E-state index contributed by atoms with van der Waals surface area (Å²) in [6, 6.07) is 4.39. The minimum absolute atomic E-state index is 0.117. The molecule has 0 bridgehead atoms. The Morgan fingerprint density at radius 1 is 1.33 bits per heavy atom. The third-order valence-electron chi connectivity index (χ3n) is 3.40. The average molecular weight is 256 g/mol. The van der Waals surface area contributed by atoms with Crippen LogP contribution in [0, 0.1) is 0 Å². The van der Waals surface area contributed by atoms with Crippen LogP contribution in [-0.2, 0) is 6.42 Å². The highest BCUT2D eigenvalue weighted by molar-refractivity contribution is 7.17. The Bertz CT molecular complexity index is 700. The van der Waals surface area contributed by atoms with Gasteiger partial charge in [-0.05, 0) is 17.5 Å². The number of aromatic nitrogens is 3. The molecule has 18 heavy (non-hydrogen) atoms. The zero-order valence-corrected chi connectivity index (χ0v) is 10.5. The fourth-order valence-electron chi connectivity index (χ4n) is 2.49. The van der Waals surface area contributed by atoms with E-state index in [0.717, 1.165) is 24.4 Å². The molecule has 5 heteroatoms. The lowest BCUT2D eigenvalue weighted by Gasteiger charge is -2.22. The van der Waals surface area contributed by atoms with Gasteiger partial charge in [0.15, 0.2) is 0 Å².